The molecular formula is C9H6BrClN2O. The van der Waals surface area contributed by atoms with Crippen molar-refractivity contribution in [3.05, 3.63) is 33.9 Å². The average Bonchev–Trinajstić information content (AvgIpc) is 2.46. The van der Waals surface area contributed by atoms with Crippen LogP contribution in [-0.4, -0.2) is 5.16 Å². The Balaban J connectivity index is 2.59. The number of nitrogen functional groups attached to an aromatic ring is 1. The number of rotatable bonds is 1. The van der Waals surface area contributed by atoms with Crippen LogP contribution in [0.2, 0.25) is 5.15 Å². The third-order valence-corrected chi connectivity index (χ3v) is 2.54. The van der Waals surface area contributed by atoms with E-state index in [-0.39, 0.29) is 11.0 Å². The lowest BCUT2D eigenvalue weighted by molar-refractivity contribution is 0.437. The van der Waals surface area contributed by atoms with Gasteiger partial charge in [-0.25, -0.2) is 0 Å². The molecule has 2 N–H and O–H groups in total. The number of nitrogens with zero attached hydrogens (tertiary/aromatic N) is 1. The molecule has 1 heterocycles. The SMILES string of the molecule is Nc1onc(Cl)c1-c1cccc(Br)c1. The standard InChI is InChI=1S/C9H6BrClN2O/c10-6-3-1-2-5(4-6)7-8(11)13-14-9(7)12/h1-4H,12H2. The van der Waals surface area contributed by atoms with Crippen LogP contribution in [0.15, 0.2) is 33.3 Å². The second kappa shape index (κ2) is 3.63. The van der Waals surface area contributed by atoms with Crippen LogP contribution >= 0.6 is 27.5 Å². The minimum absolute atomic E-state index is 0.230. The zero-order valence-electron chi connectivity index (χ0n) is 7.00. The maximum absolute atomic E-state index is 5.83. The summed E-state index contributed by atoms with van der Waals surface area (Å²) in [6, 6.07) is 7.59. The van der Waals surface area contributed by atoms with Crippen molar-refractivity contribution in [3.8, 4) is 11.1 Å². The molecule has 0 bridgehead atoms. The second-order valence-electron chi connectivity index (χ2n) is 2.72. The Labute approximate surface area is 94.0 Å². The fraction of sp³-hybridized carbons (Fsp3) is 0. The van der Waals surface area contributed by atoms with Gasteiger partial charge in [0, 0.05) is 4.47 Å². The van der Waals surface area contributed by atoms with Crippen molar-refractivity contribution in [2.45, 2.75) is 0 Å². The highest BCUT2D eigenvalue weighted by Crippen LogP contribution is 2.33. The maximum atomic E-state index is 5.83. The summed E-state index contributed by atoms with van der Waals surface area (Å²) in [5.74, 6) is 0.230. The summed E-state index contributed by atoms with van der Waals surface area (Å²) >= 11 is 9.19. The van der Waals surface area contributed by atoms with Crippen LogP contribution in [0.3, 0.4) is 0 Å². The zero-order valence-corrected chi connectivity index (χ0v) is 9.34. The quantitative estimate of drug-likeness (QED) is 0.867. The molecule has 0 atom stereocenters. The first-order chi connectivity index (χ1) is 6.68. The van der Waals surface area contributed by atoms with Crippen LogP contribution in [0.5, 0.6) is 0 Å². The Hall–Kier alpha value is -1.00. The minimum Gasteiger partial charge on any atom is -0.367 e. The van der Waals surface area contributed by atoms with E-state index in [9.17, 15) is 0 Å². The smallest absolute Gasteiger partial charge is 0.231 e. The van der Waals surface area contributed by atoms with Gasteiger partial charge in [0.1, 0.15) is 0 Å². The maximum Gasteiger partial charge on any atom is 0.231 e. The molecule has 0 unspecified atom stereocenters. The number of anilines is 1. The molecule has 0 saturated carbocycles. The normalized spacial score (nSPS) is 10.4. The van der Waals surface area contributed by atoms with Gasteiger partial charge in [0.2, 0.25) is 5.88 Å². The Morgan fingerprint density at radius 2 is 2.21 bits per heavy atom. The first-order valence-electron chi connectivity index (χ1n) is 3.85. The summed E-state index contributed by atoms with van der Waals surface area (Å²) in [5, 5.41) is 3.85. The fourth-order valence-corrected chi connectivity index (χ4v) is 1.82. The molecule has 1 aromatic carbocycles. The summed E-state index contributed by atoms with van der Waals surface area (Å²) in [6.45, 7) is 0. The first-order valence-corrected chi connectivity index (χ1v) is 5.02. The van der Waals surface area contributed by atoms with Crippen LogP contribution < -0.4 is 5.73 Å². The molecule has 3 nitrogen and oxygen atoms in total. The molecule has 0 spiro atoms. The molecule has 0 radical (unpaired) electrons. The molecule has 2 rings (SSSR count). The summed E-state index contributed by atoms with van der Waals surface area (Å²) in [5.41, 5.74) is 7.10. The van der Waals surface area contributed by atoms with Gasteiger partial charge in [-0.3, -0.25) is 0 Å². The number of benzene rings is 1. The van der Waals surface area contributed by atoms with Gasteiger partial charge >= 0.3 is 0 Å². The number of hydrogen-bond acceptors (Lipinski definition) is 3. The molecule has 5 heteroatoms. The van der Waals surface area contributed by atoms with Crippen molar-refractivity contribution in [1.82, 2.24) is 5.16 Å². The molecule has 14 heavy (non-hydrogen) atoms. The Morgan fingerprint density at radius 1 is 1.43 bits per heavy atom. The molecule has 0 aliphatic heterocycles. The van der Waals surface area contributed by atoms with Crippen LogP contribution in [0.4, 0.5) is 5.88 Å². The van der Waals surface area contributed by atoms with Crippen LogP contribution in [0, 0.1) is 0 Å². The summed E-state index contributed by atoms with van der Waals surface area (Å²) < 4.78 is 5.72. The van der Waals surface area contributed by atoms with E-state index in [4.69, 9.17) is 21.9 Å². The van der Waals surface area contributed by atoms with Gasteiger partial charge in [0.25, 0.3) is 0 Å². The first kappa shape index (κ1) is 9.55. The summed E-state index contributed by atoms with van der Waals surface area (Å²) in [4.78, 5) is 0. The lowest BCUT2D eigenvalue weighted by Gasteiger charge is -1.98. The van der Waals surface area contributed by atoms with Gasteiger partial charge in [0.15, 0.2) is 5.15 Å². The zero-order chi connectivity index (χ0) is 10.1. The van der Waals surface area contributed by atoms with Crippen molar-refractivity contribution in [3.63, 3.8) is 0 Å². The van der Waals surface area contributed by atoms with E-state index in [0.29, 0.717) is 5.56 Å². The molecule has 0 fully saturated rings. The number of halogens is 2. The Kier molecular flexibility index (Phi) is 2.48. The Morgan fingerprint density at radius 3 is 2.79 bits per heavy atom. The molecule has 2 aromatic rings. The topological polar surface area (TPSA) is 52.0 Å². The lowest BCUT2D eigenvalue weighted by atomic mass is 10.1. The largest absolute Gasteiger partial charge is 0.367 e. The van der Waals surface area contributed by atoms with Crippen LogP contribution in [0.25, 0.3) is 11.1 Å². The van der Waals surface area contributed by atoms with E-state index in [0.717, 1.165) is 10.0 Å². The highest BCUT2D eigenvalue weighted by atomic mass is 79.9. The van der Waals surface area contributed by atoms with Crippen molar-refractivity contribution in [2.24, 2.45) is 0 Å². The third kappa shape index (κ3) is 1.63. The van der Waals surface area contributed by atoms with Gasteiger partial charge in [-0.2, -0.15) is 0 Å². The Bertz CT molecular complexity index is 450. The van der Waals surface area contributed by atoms with E-state index >= 15 is 0 Å². The average molecular weight is 274 g/mol. The van der Waals surface area contributed by atoms with Crippen molar-refractivity contribution < 1.29 is 4.52 Å². The van der Waals surface area contributed by atoms with Gasteiger partial charge in [-0.05, 0) is 17.7 Å². The molecule has 0 aliphatic rings. The predicted molar refractivity (Wildman–Crippen MR) is 59.1 cm³/mol. The van der Waals surface area contributed by atoms with Gasteiger partial charge in [-0.1, -0.05) is 44.8 Å². The van der Waals surface area contributed by atoms with Gasteiger partial charge < -0.3 is 10.3 Å². The van der Waals surface area contributed by atoms with E-state index in [1.807, 2.05) is 24.3 Å². The third-order valence-electron chi connectivity index (χ3n) is 1.79. The number of hydrogen-bond donors (Lipinski definition) is 1. The molecule has 0 aliphatic carbocycles. The highest BCUT2D eigenvalue weighted by Gasteiger charge is 2.13. The number of nitrogens with two attached hydrogens (primary N) is 1. The highest BCUT2D eigenvalue weighted by molar-refractivity contribution is 9.10. The number of aromatic nitrogens is 1. The molecule has 1 aromatic heterocycles. The van der Waals surface area contributed by atoms with E-state index in [2.05, 4.69) is 21.1 Å². The molecule has 0 amide bonds. The minimum atomic E-state index is 0.230. The lowest BCUT2D eigenvalue weighted by Crippen LogP contribution is -1.85. The summed E-state index contributed by atoms with van der Waals surface area (Å²) in [6.07, 6.45) is 0. The molecule has 0 saturated heterocycles. The second-order valence-corrected chi connectivity index (χ2v) is 4.00. The summed E-state index contributed by atoms with van der Waals surface area (Å²) in [7, 11) is 0. The van der Waals surface area contributed by atoms with E-state index in [1.165, 1.54) is 0 Å². The van der Waals surface area contributed by atoms with Gasteiger partial charge in [-0.15, -0.1) is 0 Å². The van der Waals surface area contributed by atoms with Gasteiger partial charge in [0.05, 0.1) is 5.56 Å². The van der Waals surface area contributed by atoms with Crippen LogP contribution in [-0.2, 0) is 0 Å². The predicted octanol–water partition coefficient (Wildman–Crippen LogP) is 3.34. The van der Waals surface area contributed by atoms with Crippen molar-refractivity contribution in [2.75, 3.05) is 5.73 Å². The fourth-order valence-electron chi connectivity index (χ4n) is 1.19. The molecule has 72 valence electrons. The monoisotopic (exact) mass is 272 g/mol. The van der Waals surface area contributed by atoms with Crippen LogP contribution in [0.1, 0.15) is 0 Å². The van der Waals surface area contributed by atoms with E-state index in [1.54, 1.807) is 0 Å². The van der Waals surface area contributed by atoms with E-state index < -0.39 is 0 Å². The molecular weight excluding hydrogens is 267 g/mol. The van der Waals surface area contributed by atoms with Crippen molar-refractivity contribution in [1.29, 1.82) is 0 Å². The van der Waals surface area contributed by atoms with Crippen molar-refractivity contribution >= 4 is 33.4 Å².